The zero-order valence-corrected chi connectivity index (χ0v) is 13.3. The van der Waals surface area contributed by atoms with Crippen LogP contribution < -0.4 is 10.6 Å². The third-order valence-electron chi connectivity index (χ3n) is 4.58. The fraction of sp³-hybridized carbons (Fsp3) is 0.714. The highest BCUT2D eigenvalue weighted by Crippen LogP contribution is 2.39. The van der Waals surface area contributed by atoms with Gasteiger partial charge in [-0.15, -0.1) is 0 Å². The van der Waals surface area contributed by atoms with Gasteiger partial charge in [0.15, 0.2) is 5.13 Å². The van der Waals surface area contributed by atoms with Crippen molar-refractivity contribution in [2.24, 2.45) is 0 Å². The summed E-state index contributed by atoms with van der Waals surface area (Å²) < 4.78 is 0. The molecule has 2 bridgehead atoms. The number of carbonyl (C=O) groups excluding carboxylic acids is 1. The van der Waals surface area contributed by atoms with Gasteiger partial charge in [-0.05, 0) is 32.6 Å². The fourth-order valence-corrected chi connectivity index (χ4v) is 4.32. The van der Waals surface area contributed by atoms with Crippen LogP contribution in [0.25, 0.3) is 0 Å². The Bertz CT molecular complexity index is 533. The predicted molar refractivity (Wildman–Crippen MR) is 83.7 cm³/mol. The van der Waals surface area contributed by atoms with Crippen LogP contribution in [0.4, 0.5) is 10.9 Å². The molecule has 2 atom stereocenters. The first-order chi connectivity index (χ1) is 10.0. The van der Waals surface area contributed by atoms with E-state index in [1.54, 1.807) is 0 Å². The lowest BCUT2D eigenvalue weighted by molar-refractivity contribution is 0.0291. The van der Waals surface area contributed by atoms with Crippen LogP contribution in [0.2, 0.25) is 0 Å². The molecule has 2 saturated heterocycles. The number of amides is 1. The minimum atomic E-state index is -0.271. The molecule has 0 saturated carbocycles. The number of aliphatic hydroxyl groups excluding tert-OH is 1. The van der Waals surface area contributed by atoms with E-state index in [1.165, 1.54) is 11.3 Å². The van der Waals surface area contributed by atoms with Gasteiger partial charge in [0.2, 0.25) is 0 Å². The second kappa shape index (κ2) is 5.46. The molecular weight excluding hydrogens is 288 g/mol. The van der Waals surface area contributed by atoms with Crippen LogP contribution in [-0.4, -0.2) is 52.7 Å². The summed E-state index contributed by atoms with van der Waals surface area (Å²) in [6, 6.07) is 0.306. The number of nitrogen functional groups attached to an aromatic ring is 1. The van der Waals surface area contributed by atoms with E-state index >= 15 is 0 Å². The van der Waals surface area contributed by atoms with Gasteiger partial charge in [0, 0.05) is 25.7 Å². The second-order valence-corrected chi connectivity index (χ2v) is 6.93. The van der Waals surface area contributed by atoms with Gasteiger partial charge >= 0.3 is 0 Å². The summed E-state index contributed by atoms with van der Waals surface area (Å²) in [4.78, 5) is 21.6. The largest absolute Gasteiger partial charge is 0.393 e. The average molecular weight is 310 g/mol. The number of piperidine rings is 1. The van der Waals surface area contributed by atoms with Crippen LogP contribution in [0.3, 0.4) is 0 Å². The summed E-state index contributed by atoms with van der Waals surface area (Å²) in [5, 5.41) is 10.6. The molecular formula is C14H22N4O2S. The zero-order valence-electron chi connectivity index (χ0n) is 12.5. The van der Waals surface area contributed by atoms with Crippen molar-refractivity contribution < 1.29 is 9.90 Å². The van der Waals surface area contributed by atoms with Crippen molar-refractivity contribution in [1.82, 2.24) is 9.88 Å². The molecule has 0 radical (unpaired) electrons. The molecule has 1 amide bonds. The van der Waals surface area contributed by atoms with Gasteiger partial charge in [0.25, 0.3) is 5.91 Å². The van der Waals surface area contributed by atoms with Gasteiger partial charge < -0.3 is 20.6 Å². The van der Waals surface area contributed by atoms with Gasteiger partial charge in [-0.3, -0.25) is 4.79 Å². The molecule has 1 aromatic rings. The summed E-state index contributed by atoms with van der Waals surface area (Å²) in [6.45, 7) is 2.85. The SMILES string of the molecule is CCN(C)c1nc(N)c(C(=O)N2C3CCC2CC(O)C3)s1. The van der Waals surface area contributed by atoms with E-state index in [0.29, 0.717) is 23.5 Å². The molecule has 0 aromatic carbocycles. The summed E-state index contributed by atoms with van der Waals surface area (Å²) >= 11 is 1.36. The van der Waals surface area contributed by atoms with Crippen molar-refractivity contribution in [1.29, 1.82) is 0 Å². The number of thiazole rings is 1. The molecule has 0 aliphatic carbocycles. The molecule has 2 aliphatic heterocycles. The predicted octanol–water partition coefficient (Wildman–Crippen LogP) is 1.31. The number of nitrogens with zero attached hydrogens (tertiary/aromatic N) is 3. The molecule has 7 heteroatoms. The minimum Gasteiger partial charge on any atom is -0.393 e. The number of aliphatic hydroxyl groups is 1. The first-order valence-electron chi connectivity index (χ1n) is 7.49. The van der Waals surface area contributed by atoms with Gasteiger partial charge in [0.1, 0.15) is 10.7 Å². The summed E-state index contributed by atoms with van der Waals surface area (Å²) in [6.07, 6.45) is 3.06. The van der Waals surface area contributed by atoms with Gasteiger partial charge in [-0.25, -0.2) is 4.98 Å². The molecule has 6 nitrogen and oxygen atoms in total. The van der Waals surface area contributed by atoms with E-state index < -0.39 is 0 Å². The third kappa shape index (κ3) is 2.48. The summed E-state index contributed by atoms with van der Waals surface area (Å²) in [5.74, 6) is 0.311. The molecule has 3 heterocycles. The Kier molecular flexibility index (Phi) is 3.79. The molecule has 3 rings (SSSR count). The third-order valence-corrected chi connectivity index (χ3v) is 5.75. The lowest BCUT2D eigenvalue weighted by Crippen LogP contribution is -2.47. The number of rotatable bonds is 3. The number of anilines is 2. The smallest absolute Gasteiger partial charge is 0.268 e. The highest BCUT2D eigenvalue weighted by atomic mass is 32.1. The highest BCUT2D eigenvalue weighted by molar-refractivity contribution is 7.18. The topological polar surface area (TPSA) is 82.7 Å². The maximum absolute atomic E-state index is 12.8. The molecule has 1 aromatic heterocycles. The van der Waals surface area contributed by atoms with Gasteiger partial charge in [-0.1, -0.05) is 11.3 Å². The molecule has 2 aliphatic rings. The van der Waals surface area contributed by atoms with E-state index in [-0.39, 0.29) is 24.1 Å². The summed E-state index contributed by atoms with van der Waals surface area (Å²) in [7, 11) is 1.94. The Morgan fingerprint density at radius 2 is 2.10 bits per heavy atom. The summed E-state index contributed by atoms with van der Waals surface area (Å²) in [5.41, 5.74) is 5.96. The van der Waals surface area contributed by atoms with Crippen LogP contribution in [0.15, 0.2) is 0 Å². The van der Waals surface area contributed by atoms with E-state index in [0.717, 1.165) is 24.5 Å². The van der Waals surface area contributed by atoms with Crippen LogP contribution in [0, 0.1) is 0 Å². The molecule has 3 N–H and O–H groups in total. The van der Waals surface area contributed by atoms with Crippen LogP contribution >= 0.6 is 11.3 Å². The van der Waals surface area contributed by atoms with Crippen LogP contribution in [0.1, 0.15) is 42.3 Å². The normalized spacial score (nSPS) is 28.0. The monoisotopic (exact) mass is 310 g/mol. The number of carbonyl (C=O) groups is 1. The Morgan fingerprint density at radius 1 is 1.48 bits per heavy atom. The molecule has 0 spiro atoms. The molecule has 2 fully saturated rings. The molecule has 2 unspecified atom stereocenters. The Hall–Kier alpha value is -1.34. The minimum absolute atomic E-state index is 0.0137. The quantitative estimate of drug-likeness (QED) is 0.879. The number of fused-ring (bicyclic) bond motifs is 2. The van der Waals surface area contributed by atoms with Crippen LogP contribution in [-0.2, 0) is 0 Å². The van der Waals surface area contributed by atoms with E-state index in [2.05, 4.69) is 4.98 Å². The zero-order chi connectivity index (χ0) is 15.1. The van der Waals surface area contributed by atoms with E-state index in [1.807, 2.05) is 23.8 Å². The van der Waals surface area contributed by atoms with Crippen molar-refractivity contribution in [3.8, 4) is 0 Å². The highest BCUT2D eigenvalue weighted by Gasteiger charge is 2.43. The van der Waals surface area contributed by atoms with Gasteiger partial charge in [0.05, 0.1) is 6.10 Å². The van der Waals surface area contributed by atoms with Gasteiger partial charge in [-0.2, -0.15) is 0 Å². The van der Waals surface area contributed by atoms with Crippen molar-refractivity contribution in [2.75, 3.05) is 24.2 Å². The lowest BCUT2D eigenvalue weighted by atomic mass is 10.00. The Labute approximate surface area is 128 Å². The lowest BCUT2D eigenvalue weighted by Gasteiger charge is -2.36. The fourth-order valence-electron chi connectivity index (χ4n) is 3.37. The van der Waals surface area contributed by atoms with Crippen molar-refractivity contribution >= 4 is 28.2 Å². The van der Waals surface area contributed by atoms with Crippen LogP contribution in [0.5, 0.6) is 0 Å². The number of hydrogen-bond acceptors (Lipinski definition) is 6. The first kappa shape index (κ1) is 14.6. The Balaban J connectivity index is 1.84. The number of nitrogens with two attached hydrogens (primary N) is 1. The second-order valence-electron chi connectivity index (χ2n) is 5.95. The first-order valence-corrected chi connectivity index (χ1v) is 8.31. The van der Waals surface area contributed by atoms with Crippen molar-refractivity contribution in [3.63, 3.8) is 0 Å². The van der Waals surface area contributed by atoms with E-state index in [9.17, 15) is 9.90 Å². The average Bonchev–Trinajstić information content (AvgIpc) is 2.96. The van der Waals surface area contributed by atoms with Crippen molar-refractivity contribution in [2.45, 2.75) is 50.8 Å². The molecule has 21 heavy (non-hydrogen) atoms. The maximum atomic E-state index is 12.8. The standard InChI is InChI=1S/C14H22N4O2S/c1-3-17(2)14-16-12(15)11(21-14)13(20)18-8-4-5-9(18)7-10(19)6-8/h8-10,19H,3-7,15H2,1-2H3. The maximum Gasteiger partial charge on any atom is 0.268 e. The van der Waals surface area contributed by atoms with E-state index in [4.69, 9.17) is 5.73 Å². The number of aromatic nitrogens is 1. The Morgan fingerprint density at radius 3 is 2.67 bits per heavy atom. The molecule has 116 valence electrons. The number of hydrogen-bond donors (Lipinski definition) is 2. The van der Waals surface area contributed by atoms with Crippen molar-refractivity contribution in [3.05, 3.63) is 4.88 Å².